The molecule has 0 spiro atoms. The molecule has 2 heterocycles. The topological polar surface area (TPSA) is 133 Å². The van der Waals surface area contributed by atoms with E-state index >= 15 is 0 Å². The number of nitrogens with one attached hydrogen (secondary N) is 1. The van der Waals surface area contributed by atoms with Crippen LogP contribution in [0, 0.1) is 0 Å². The fraction of sp³-hybridized carbons (Fsp3) is 0.364. The quantitative estimate of drug-likeness (QED) is 0.452. The van der Waals surface area contributed by atoms with Crippen molar-refractivity contribution >= 4 is 44.6 Å². The van der Waals surface area contributed by atoms with Gasteiger partial charge in [0.1, 0.15) is 12.6 Å². The summed E-state index contributed by atoms with van der Waals surface area (Å²) in [5.41, 5.74) is 0. The van der Waals surface area contributed by atoms with E-state index in [1.807, 2.05) is 24.3 Å². The molecule has 0 unspecified atom stereocenters. The molecule has 2 fully saturated rings. The number of carbonyl (C=O) groups excluding carboxylic acids is 4. The molecule has 2 aromatic carbocycles. The minimum Gasteiger partial charge on any atom is -0.469 e. The number of amides is 4. The summed E-state index contributed by atoms with van der Waals surface area (Å²) in [5.74, 6) is -1.82. The zero-order chi connectivity index (χ0) is 24.5. The molecule has 34 heavy (non-hydrogen) atoms. The smallest absolute Gasteiger partial charge is 0.325 e. The Morgan fingerprint density at radius 2 is 1.71 bits per heavy atom. The third-order valence-corrected chi connectivity index (χ3v) is 7.84. The summed E-state index contributed by atoms with van der Waals surface area (Å²) >= 11 is 0. The molecule has 2 saturated heterocycles. The standard InChI is InChI=1S/C22H24N4O7S/c1-33-20(28)13-18-21(29)26(22(30)23-18)14-19(27)24-8-10-25(11-9-24)34(31,32)17-7-6-15-4-2-3-5-16(15)12-17/h2-7,12,18H,8-11,13-14H2,1H3,(H,23,30)/t18-/m0/s1. The highest BCUT2D eigenvalue weighted by Gasteiger charge is 2.41. The van der Waals surface area contributed by atoms with Gasteiger partial charge < -0.3 is 15.0 Å². The second kappa shape index (κ2) is 9.39. The third-order valence-electron chi connectivity index (χ3n) is 5.95. The van der Waals surface area contributed by atoms with E-state index in [0.717, 1.165) is 15.7 Å². The Hall–Kier alpha value is -3.51. The number of rotatable bonds is 6. The largest absolute Gasteiger partial charge is 0.469 e. The van der Waals surface area contributed by atoms with Crippen molar-refractivity contribution in [1.29, 1.82) is 0 Å². The average Bonchev–Trinajstić information content (AvgIpc) is 3.10. The van der Waals surface area contributed by atoms with E-state index < -0.39 is 46.4 Å². The first kappa shape index (κ1) is 23.6. The maximum atomic E-state index is 13.1. The molecule has 4 amide bonds. The predicted molar refractivity (Wildman–Crippen MR) is 120 cm³/mol. The normalized spacial score (nSPS) is 19.4. The Labute approximate surface area is 196 Å². The molecule has 0 aliphatic carbocycles. The van der Waals surface area contributed by atoms with Crippen LogP contribution in [0.1, 0.15) is 6.42 Å². The van der Waals surface area contributed by atoms with Crippen LogP contribution in [-0.2, 0) is 29.1 Å². The van der Waals surface area contributed by atoms with Gasteiger partial charge in [0.05, 0.1) is 18.4 Å². The van der Waals surface area contributed by atoms with Crippen LogP contribution in [0.5, 0.6) is 0 Å². The highest BCUT2D eigenvalue weighted by molar-refractivity contribution is 7.89. The van der Waals surface area contributed by atoms with Gasteiger partial charge in [0.25, 0.3) is 5.91 Å². The minimum atomic E-state index is -3.74. The number of benzene rings is 2. The van der Waals surface area contributed by atoms with Crippen LogP contribution in [0.2, 0.25) is 0 Å². The molecule has 180 valence electrons. The molecule has 1 atom stereocenters. The van der Waals surface area contributed by atoms with Gasteiger partial charge in [0, 0.05) is 26.2 Å². The number of piperazine rings is 1. The average molecular weight is 489 g/mol. The fourth-order valence-electron chi connectivity index (χ4n) is 4.01. The maximum Gasteiger partial charge on any atom is 0.325 e. The number of ether oxygens (including phenoxy) is 1. The Kier molecular flexibility index (Phi) is 6.53. The Morgan fingerprint density at radius 1 is 1.03 bits per heavy atom. The fourth-order valence-corrected chi connectivity index (χ4v) is 5.46. The molecular formula is C22H24N4O7S. The van der Waals surface area contributed by atoms with E-state index in [1.165, 1.54) is 16.3 Å². The number of nitrogens with zero attached hydrogens (tertiary/aromatic N) is 3. The first-order valence-electron chi connectivity index (χ1n) is 10.7. The Balaban J connectivity index is 1.36. The molecule has 2 aliphatic rings. The maximum absolute atomic E-state index is 13.1. The van der Waals surface area contributed by atoms with Gasteiger partial charge in [0.2, 0.25) is 15.9 Å². The van der Waals surface area contributed by atoms with Gasteiger partial charge in [-0.3, -0.25) is 19.3 Å². The molecule has 12 heteroatoms. The lowest BCUT2D eigenvalue weighted by Crippen LogP contribution is -2.53. The summed E-state index contributed by atoms with van der Waals surface area (Å²) in [6.45, 7) is -0.0560. The molecule has 0 bridgehead atoms. The van der Waals surface area contributed by atoms with Gasteiger partial charge in [-0.05, 0) is 22.9 Å². The van der Waals surface area contributed by atoms with Crippen LogP contribution in [0.25, 0.3) is 10.8 Å². The number of methoxy groups -OCH3 is 1. The zero-order valence-corrected chi connectivity index (χ0v) is 19.3. The van der Waals surface area contributed by atoms with Crippen molar-refractivity contribution in [2.45, 2.75) is 17.4 Å². The first-order valence-corrected chi connectivity index (χ1v) is 12.1. The lowest BCUT2D eigenvalue weighted by molar-refractivity contribution is -0.143. The molecule has 11 nitrogen and oxygen atoms in total. The van der Waals surface area contributed by atoms with Crippen molar-refractivity contribution in [3.05, 3.63) is 42.5 Å². The van der Waals surface area contributed by atoms with Gasteiger partial charge >= 0.3 is 12.0 Å². The number of urea groups is 1. The minimum absolute atomic E-state index is 0.0893. The van der Waals surface area contributed by atoms with Crippen LogP contribution in [0.15, 0.2) is 47.4 Å². The monoisotopic (exact) mass is 488 g/mol. The summed E-state index contributed by atoms with van der Waals surface area (Å²) in [6.07, 6.45) is -0.322. The van der Waals surface area contributed by atoms with E-state index in [-0.39, 0.29) is 37.5 Å². The number of hydrogen-bond donors (Lipinski definition) is 1. The van der Waals surface area contributed by atoms with Crippen molar-refractivity contribution in [1.82, 2.24) is 19.4 Å². The lowest BCUT2D eigenvalue weighted by atomic mass is 10.1. The Morgan fingerprint density at radius 3 is 2.38 bits per heavy atom. The number of imide groups is 1. The van der Waals surface area contributed by atoms with Crippen molar-refractivity contribution in [2.75, 3.05) is 39.8 Å². The van der Waals surface area contributed by atoms with Gasteiger partial charge in [-0.15, -0.1) is 0 Å². The molecule has 0 saturated carbocycles. The SMILES string of the molecule is COC(=O)C[C@@H]1NC(=O)N(CC(=O)N2CCN(S(=O)(=O)c3ccc4ccccc4c3)CC2)C1=O. The van der Waals surface area contributed by atoms with E-state index in [2.05, 4.69) is 10.1 Å². The van der Waals surface area contributed by atoms with Crippen LogP contribution in [-0.4, -0.2) is 92.2 Å². The summed E-state index contributed by atoms with van der Waals surface area (Å²) in [5, 5.41) is 4.12. The van der Waals surface area contributed by atoms with Crippen molar-refractivity contribution in [2.24, 2.45) is 0 Å². The number of fused-ring (bicyclic) bond motifs is 1. The second-order valence-electron chi connectivity index (χ2n) is 8.00. The number of carbonyl (C=O) groups is 4. The summed E-state index contributed by atoms with van der Waals surface area (Å²) < 4.78 is 32.0. The van der Waals surface area contributed by atoms with Crippen molar-refractivity contribution in [3.63, 3.8) is 0 Å². The third kappa shape index (κ3) is 4.59. The van der Waals surface area contributed by atoms with Crippen molar-refractivity contribution < 1.29 is 32.3 Å². The summed E-state index contributed by atoms with van der Waals surface area (Å²) in [4.78, 5) is 51.0. The van der Waals surface area contributed by atoms with Crippen LogP contribution in [0.3, 0.4) is 0 Å². The zero-order valence-electron chi connectivity index (χ0n) is 18.5. The van der Waals surface area contributed by atoms with Gasteiger partial charge in [-0.2, -0.15) is 4.31 Å². The van der Waals surface area contributed by atoms with E-state index in [4.69, 9.17) is 0 Å². The van der Waals surface area contributed by atoms with Gasteiger partial charge in [0.15, 0.2) is 0 Å². The summed E-state index contributed by atoms with van der Waals surface area (Å²) in [6, 6.07) is 10.6. The molecule has 4 rings (SSSR count). The van der Waals surface area contributed by atoms with E-state index in [0.29, 0.717) is 0 Å². The molecule has 2 aliphatic heterocycles. The Bertz CT molecular complexity index is 1250. The molecule has 1 N–H and O–H groups in total. The molecule has 0 aromatic heterocycles. The molecule has 2 aromatic rings. The van der Waals surface area contributed by atoms with Crippen LogP contribution < -0.4 is 5.32 Å². The van der Waals surface area contributed by atoms with E-state index in [9.17, 15) is 27.6 Å². The van der Waals surface area contributed by atoms with Crippen molar-refractivity contribution in [3.8, 4) is 0 Å². The van der Waals surface area contributed by atoms with Gasteiger partial charge in [-0.25, -0.2) is 13.2 Å². The number of sulfonamides is 1. The predicted octanol–water partition coefficient (Wildman–Crippen LogP) is 0.156. The number of hydrogen-bond acceptors (Lipinski definition) is 7. The van der Waals surface area contributed by atoms with Gasteiger partial charge in [-0.1, -0.05) is 30.3 Å². The second-order valence-corrected chi connectivity index (χ2v) is 9.94. The lowest BCUT2D eigenvalue weighted by Gasteiger charge is -2.34. The van der Waals surface area contributed by atoms with E-state index in [1.54, 1.807) is 18.2 Å². The van der Waals surface area contributed by atoms with Crippen LogP contribution in [0.4, 0.5) is 4.79 Å². The van der Waals surface area contributed by atoms with Crippen LogP contribution >= 0.6 is 0 Å². The number of esters is 1. The first-order chi connectivity index (χ1) is 16.2. The highest BCUT2D eigenvalue weighted by Crippen LogP contribution is 2.23. The molecule has 0 radical (unpaired) electrons. The summed E-state index contributed by atoms with van der Waals surface area (Å²) in [7, 11) is -2.57. The molecular weight excluding hydrogens is 464 g/mol. The highest BCUT2D eigenvalue weighted by atomic mass is 32.2.